The van der Waals surface area contributed by atoms with Crippen LogP contribution in [-0.2, 0) is 0 Å². The maximum absolute atomic E-state index is 6.54. The van der Waals surface area contributed by atoms with Gasteiger partial charge in [0, 0.05) is 30.9 Å². The number of rotatable bonds is 2. The molecular weight excluding hydrogens is 444 g/mol. The quantitative estimate of drug-likeness (QED) is 0.250. The van der Waals surface area contributed by atoms with Gasteiger partial charge in [0.1, 0.15) is 11.2 Å². The number of benzene rings is 5. The third kappa shape index (κ3) is 2.85. The molecule has 33 heavy (non-hydrogen) atoms. The SMILES string of the molecule is Clc1cccc2oc3ccc(-c4cccc5c4sc4c(-c6ccccc6)cccc45)cc3c12. The maximum atomic E-state index is 6.54. The van der Waals surface area contributed by atoms with Crippen LogP contribution in [0.4, 0.5) is 0 Å². The predicted molar refractivity (Wildman–Crippen MR) is 142 cm³/mol. The summed E-state index contributed by atoms with van der Waals surface area (Å²) in [6.07, 6.45) is 0. The van der Waals surface area contributed by atoms with Crippen LogP contribution in [0.1, 0.15) is 0 Å². The minimum atomic E-state index is 0.718. The molecule has 156 valence electrons. The van der Waals surface area contributed by atoms with Gasteiger partial charge in [0.2, 0.25) is 0 Å². The van der Waals surface area contributed by atoms with Crippen LogP contribution >= 0.6 is 22.9 Å². The molecule has 0 amide bonds. The number of furan rings is 1. The predicted octanol–water partition coefficient (Wildman–Crippen LogP) is 9.94. The van der Waals surface area contributed by atoms with Crippen LogP contribution in [0.15, 0.2) is 108 Å². The highest BCUT2D eigenvalue weighted by atomic mass is 35.5. The van der Waals surface area contributed by atoms with Crippen LogP contribution in [-0.4, -0.2) is 0 Å². The molecule has 2 heterocycles. The summed E-state index contributed by atoms with van der Waals surface area (Å²) >= 11 is 8.41. The first kappa shape index (κ1) is 18.9. The molecule has 1 nitrogen and oxygen atoms in total. The second-order valence-electron chi connectivity index (χ2n) is 8.26. The molecular formula is C30H17ClOS. The summed E-state index contributed by atoms with van der Waals surface area (Å²) in [5.41, 5.74) is 6.61. The van der Waals surface area contributed by atoms with Crippen LogP contribution in [0.2, 0.25) is 5.02 Å². The molecule has 3 heteroatoms. The van der Waals surface area contributed by atoms with Crippen LogP contribution in [0, 0.1) is 0 Å². The van der Waals surface area contributed by atoms with Crippen molar-refractivity contribution in [1.29, 1.82) is 0 Å². The maximum Gasteiger partial charge on any atom is 0.136 e. The zero-order chi connectivity index (χ0) is 21.9. The van der Waals surface area contributed by atoms with Gasteiger partial charge >= 0.3 is 0 Å². The van der Waals surface area contributed by atoms with E-state index in [2.05, 4.69) is 84.9 Å². The van der Waals surface area contributed by atoms with Gasteiger partial charge in [0.15, 0.2) is 0 Å². The first-order valence-corrected chi connectivity index (χ1v) is 12.1. The topological polar surface area (TPSA) is 13.1 Å². The van der Waals surface area contributed by atoms with Crippen LogP contribution in [0.5, 0.6) is 0 Å². The van der Waals surface area contributed by atoms with Gasteiger partial charge in [-0.1, -0.05) is 90.5 Å². The molecule has 0 saturated carbocycles. The third-order valence-corrected chi connectivity index (χ3v) is 7.97. The highest BCUT2D eigenvalue weighted by molar-refractivity contribution is 7.26. The van der Waals surface area contributed by atoms with Gasteiger partial charge in [-0.3, -0.25) is 0 Å². The van der Waals surface area contributed by atoms with Crippen molar-refractivity contribution >= 4 is 65.0 Å². The van der Waals surface area contributed by atoms with Crippen molar-refractivity contribution in [2.24, 2.45) is 0 Å². The van der Waals surface area contributed by atoms with Crippen LogP contribution < -0.4 is 0 Å². The molecule has 0 atom stereocenters. The van der Waals surface area contributed by atoms with Gasteiger partial charge in [-0.05, 0) is 46.5 Å². The van der Waals surface area contributed by atoms with Gasteiger partial charge < -0.3 is 4.42 Å². The molecule has 0 aliphatic carbocycles. The Bertz CT molecular complexity index is 1830. The summed E-state index contributed by atoms with van der Waals surface area (Å²) in [5.74, 6) is 0. The van der Waals surface area contributed by atoms with E-state index in [0.29, 0.717) is 0 Å². The highest BCUT2D eigenvalue weighted by Gasteiger charge is 2.15. The fourth-order valence-electron chi connectivity index (χ4n) is 4.84. The molecule has 2 aromatic heterocycles. The van der Waals surface area contributed by atoms with E-state index in [4.69, 9.17) is 16.0 Å². The zero-order valence-corrected chi connectivity index (χ0v) is 19.1. The monoisotopic (exact) mass is 460 g/mol. The molecule has 0 aliphatic heterocycles. The first-order chi connectivity index (χ1) is 16.3. The molecule has 0 bridgehead atoms. The molecule has 0 unspecified atom stereocenters. The summed E-state index contributed by atoms with van der Waals surface area (Å²) < 4.78 is 8.67. The van der Waals surface area contributed by atoms with Crippen molar-refractivity contribution in [2.45, 2.75) is 0 Å². The molecule has 0 N–H and O–H groups in total. The summed E-state index contributed by atoms with van der Waals surface area (Å²) in [6.45, 7) is 0. The van der Waals surface area contributed by atoms with Crippen molar-refractivity contribution in [3.8, 4) is 22.3 Å². The summed E-state index contributed by atoms with van der Waals surface area (Å²) in [6, 6.07) is 36.1. The minimum Gasteiger partial charge on any atom is -0.456 e. The van der Waals surface area contributed by atoms with Crippen LogP contribution in [0.3, 0.4) is 0 Å². The van der Waals surface area contributed by atoms with Gasteiger partial charge in [-0.25, -0.2) is 0 Å². The van der Waals surface area contributed by atoms with E-state index in [1.165, 1.54) is 42.4 Å². The number of halogens is 1. The van der Waals surface area contributed by atoms with E-state index in [0.717, 1.165) is 27.0 Å². The molecule has 0 fully saturated rings. The number of fused-ring (bicyclic) bond motifs is 6. The summed E-state index contributed by atoms with van der Waals surface area (Å²) in [5, 5.41) is 5.34. The fraction of sp³-hybridized carbons (Fsp3) is 0. The molecule has 0 aliphatic rings. The lowest BCUT2D eigenvalue weighted by atomic mass is 9.99. The van der Waals surface area contributed by atoms with Crippen molar-refractivity contribution in [3.05, 3.63) is 108 Å². The Hall–Kier alpha value is -3.59. The first-order valence-electron chi connectivity index (χ1n) is 10.9. The van der Waals surface area contributed by atoms with E-state index in [-0.39, 0.29) is 0 Å². The smallest absolute Gasteiger partial charge is 0.136 e. The number of hydrogen-bond donors (Lipinski definition) is 0. The Labute approximate surface area is 199 Å². The van der Waals surface area contributed by atoms with Crippen LogP contribution in [0.25, 0.3) is 64.4 Å². The summed E-state index contributed by atoms with van der Waals surface area (Å²) in [4.78, 5) is 0. The molecule has 5 aromatic carbocycles. The largest absolute Gasteiger partial charge is 0.456 e. The minimum absolute atomic E-state index is 0.718. The van der Waals surface area contributed by atoms with E-state index >= 15 is 0 Å². The van der Waals surface area contributed by atoms with E-state index in [9.17, 15) is 0 Å². The second kappa shape index (κ2) is 7.21. The molecule has 7 rings (SSSR count). The lowest BCUT2D eigenvalue weighted by Crippen LogP contribution is -1.79. The lowest BCUT2D eigenvalue weighted by Gasteiger charge is -2.04. The Morgan fingerprint density at radius 1 is 0.545 bits per heavy atom. The molecule has 0 saturated heterocycles. The van der Waals surface area contributed by atoms with Crippen molar-refractivity contribution < 1.29 is 4.42 Å². The lowest BCUT2D eigenvalue weighted by molar-refractivity contribution is 0.669. The van der Waals surface area contributed by atoms with E-state index < -0.39 is 0 Å². The standard InChI is InChI=1S/C30H17ClOS/c31-25-13-6-14-27-28(25)24-17-19(15-16-26(24)32-27)21-10-5-12-23-22-11-4-9-20(29(22)33-30(21)23)18-7-2-1-3-8-18/h1-17H. The van der Waals surface area contributed by atoms with Gasteiger partial charge in [-0.2, -0.15) is 0 Å². The molecule has 7 aromatic rings. The Balaban J connectivity index is 1.51. The summed E-state index contributed by atoms with van der Waals surface area (Å²) in [7, 11) is 0. The van der Waals surface area contributed by atoms with E-state index in [1.54, 1.807) is 0 Å². The number of thiophene rings is 1. The zero-order valence-electron chi connectivity index (χ0n) is 17.5. The Kier molecular flexibility index (Phi) is 4.14. The number of hydrogen-bond acceptors (Lipinski definition) is 2. The Morgan fingerprint density at radius 2 is 1.24 bits per heavy atom. The van der Waals surface area contributed by atoms with E-state index in [1.807, 2.05) is 29.5 Å². The average Bonchev–Trinajstić information content (AvgIpc) is 3.43. The van der Waals surface area contributed by atoms with Crippen molar-refractivity contribution in [1.82, 2.24) is 0 Å². The Morgan fingerprint density at radius 3 is 2.00 bits per heavy atom. The van der Waals surface area contributed by atoms with Gasteiger partial charge in [-0.15, -0.1) is 11.3 Å². The average molecular weight is 461 g/mol. The van der Waals surface area contributed by atoms with Crippen molar-refractivity contribution in [2.75, 3.05) is 0 Å². The molecule has 0 radical (unpaired) electrons. The van der Waals surface area contributed by atoms with Gasteiger partial charge in [0.25, 0.3) is 0 Å². The third-order valence-electron chi connectivity index (χ3n) is 6.36. The normalized spacial score (nSPS) is 11.8. The fourth-order valence-corrected chi connectivity index (χ4v) is 6.48. The van der Waals surface area contributed by atoms with Crippen molar-refractivity contribution in [3.63, 3.8) is 0 Å². The van der Waals surface area contributed by atoms with Gasteiger partial charge in [0.05, 0.1) is 5.02 Å². The highest BCUT2D eigenvalue weighted by Crippen LogP contribution is 2.44. The second-order valence-corrected chi connectivity index (χ2v) is 9.69. The molecule has 0 spiro atoms.